The summed E-state index contributed by atoms with van der Waals surface area (Å²) in [4.78, 5) is 27.0. The van der Waals surface area contributed by atoms with Gasteiger partial charge in [0.05, 0.1) is 22.6 Å². The number of carbonyl (C=O) groups is 2. The second-order valence-electron chi connectivity index (χ2n) is 8.91. The number of nitrogens with one attached hydrogen (secondary N) is 1. The van der Waals surface area contributed by atoms with Crippen LogP contribution in [0.1, 0.15) is 43.2 Å². The average molecular weight is 536 g/mol. The van der Waals surface area contributed by atoms with Gasteiger partial charge in [-0.05, 0) is 60.9 Å². The Morgan fingerprint density at radius 3 is 2.51 bits per heavy atom. The van der Waals surface area contributed by atoms with E-state index in [9.17, 15) is 14.0 Å². The average Bonchev–Trinajstić information content (AvgIpc) is 3.35. The van der Waals surface area contributed by atoms with Crippen molar-refractivity contribution >= 4 is 40.4 Å². The van der Waals surface area contributed by atoms with Gasteiger partial charge in [0.15, 0.2) is 5.13 Å². The van der Waals surface area contributed by atoms with Crippen molar-refractivity contribution in [1.29, 1.82) is 0 Å². The van der Waals surface area contributed by atoms with Crippen molar-refractivity contribution in [2.24, 2.45) is 0 Å². The maximum Gasteiger partial charge on any atom is 0.412 e. The third-order valence-electron chi connectivity index (χ3n) is 6.48. The van der Waals surface area contributed by atoms with Gasteiger partial charge in [0, 0.05) is 16.5 Å². The van der Waals surface area contributed by atoms with E-state index in [0.29, 0.717) is 30.0 Å². The minimum atomic E-state index is -0.682. The van der Waals surface area contributed by atoms with Crippen molar-refractivity contribution in [2.45, 2.75) is 38.2 Å². The summed E-state index contributed by atoms with van der Waals surface area (Å²) < 4.78 is 25.6. The van der Waals surface area contributed by atoms with Crippen molar-refractivity contribution in [3.8, 4) is 21.6 Å². The summed E-state index contributed by atoms with van der Waals surface area (Å²) in [6.07, 6.45) is 0.302. The van der Waals surface area contributed by atoms with E-state index in [2.05, 4.69) is 5.32 Å². The SMILES string of the molecule is CCOC(=O)C1(c2ccc(-c3ccccc3)c(-c3sc(F)cc3NC(=O)OC(C)c3cccs3)c2)CC1. The first-order valence-electron chi connectivity index (χ1n) is 12.1. The van der Waals surface area contributed by atoms with Crippen molar-refractivity contribution in [1.82, 2.24) is 0 Å². The van der Waals surface area contributed by atoms with Crippen LogP contribution in [-0.2, 0) is 19.7 Å². The normalized spacial score (nSPS) is 14.6. The highest BCUT2D eigenvalue weighted by Gasteiger charge is 2.53. The van der Waals surface area contributed by atoms with E-state index < -0.39 is 22.7 Å². The zero-order valence-corrected chi connectivity index (χ0v) is 22.1. The van der Waals surface area contributed by atoms with Crippen molar-refractivity contribution in [2.75, 3.05) is 11.9 Å². The standard InChI is InChI=1S/C29H26FNO4S2/c1-3-34-27(32)29(13-14-29)20-11-12-21(19-8-5-4-6-9-19)22(16-20)26-23(17-25(30)37-26)31-28(33)35-18(2)24-10-7-15-36-24/h4-12,15-18H,3,13-14H2,1-2H3,(H,31,33). The highest BCUT2D eigenvalue weighted by molar-refractivity contribution is 7.14. The third-order valence-corrected chi connectivity index (χ3v) is 8.47. The van der Waals surface area contributed by atoms with E-state index in [-0.39, 0.29) is 5.97 Å². The molecule has 190 valence electrons. The number of hydrogen-bond donors (Lipinski definition) is 1. The number of esters is 1. The van der Waals surface area contributed by atoms with Crippen LogP contribution < -0.4 is 5.32 Å². The van der Waals surface area contributed by atoms with Gasteiger partial charge in [0.1, 0.15) is 6.10 Å². The van der Waals surface area contributed by atoms with Crippen molar-refractivity contribution in [3.05, 3.63) is 87.7 Å². The van der Waals surface area contributed by atoms with E-state index in [1.807, 2.05) is 66.0 Å². The smallest absolute Gasteiger partial charge is 0.412 e. The van der Waals surface area contributed by atoms with Gasteiger partial charge >= 0.3 is 12.1 Å². The summed E-state index contributed by atoms with van der Waals surface area (Å²) >= 11 is 2.44. The van der Waals surface area contributed by atoms with Gasteiger partial charge in [-0.3, -0.25) is 10.1 Å². The van der Waals surface area contributed by atoms with Crippen LogP contribution in [0.5, 0.6) is 0 Å². The van der Waals surface area contributed by atoms with Gasteiger partial charge in [-0.15, -0.1) is 22.7 Å². The van der Waals surface area contributed by atoms with Crippen molar-refractivity contribution in [3.63, 3.8) is 0 Å². The molecule has 0 saturated heterocycles. The highest BCUT2D eigenvalue weighted by atomic mass is 32.1. The second kappa shape index (κ2) is 10.5. The lowest BCUT2D eigenvalue weighted by molar-refractivity contribution is -0.146. The molecule has 1 amide bonds. The largest absolute Gasteiger partial charge is 0.465 e. The van der Waals surface area contributed by atoms with Gasteiger partial charge in [-0.2, -0.15) is 4.39 Å². The monoisotopic (exact) mass is 535 g/mol. The molecule has 5 rings (SSSR count). The Morgan fingerprint density at radius 2 is 1.84 bits per heavy atom. The second-order valence-corrected chi connectivity index (χ2v) is 10.9. The number of anilines is 1. The summed E-state index contributed by atoms with van der Waals surface area (Å²) in [5.41, 5.74) is 3.01. The molecular formula is C29H26FNO4S2. The number of thiophene rings is 2. The molecule has 0 spiro atoms. The van der Waals surface area contributed by atoms with Crippen LogP contribution in [0.2, 0.25) is 0 Å². The van der Waals surface area contributed by atoms with Crippen molar-refractivity contribution < 1.29 is 23.5 Å². The first-order chi connectivity index (χ1) is 17.9. The van der Waals surface area contributed by atoms with E-state index in [4.69, 9.17) is 9.47 Å². The van der Waals surface area contributed by atoms with Gasteiger partial charge in [-0.25, -0.2) is 4.79 Å². The fourth-order valence-electron chi connectivity index (χ4n) is 4.44. The molecule has 0 radical (unpaired) electrons. The first-order valence-corrected chi connectivity index (χ1v) is 13.8. The number of ether oxygens (including phenoxy) is 2. The molecule has 8 heteroatoms. The molecule has 2 aromatic heterocycles. The van der Waals surface area contributed by atoms with E-state index in [1.165, 1.54) is 17.4 Å². The quantitative estimate of drug-likeness (QED) is 0.231. The van der Waals surface area contributed by atoms with Crippen LogP contribution in [0.25, 0.3) is 21.6 Å². The lowest BCUT2D eigenvalue weighted by Gasteiger charge is -2.18. The number of carbonyl (C=O) groups excluding carboxylic acids is 2. The highest BCUT2D eigenvalue weighted by Crippen LogP contribution is 2.52. The van der Waals surface area contributed by atoms with E-state index >= 15 is 0 Å². The zero-order valence-electron chi connectivity index (χ0n) is 20.5. The van der Waals surface area contributed by atoms with Gasteiger partial charge in [0.25, 0.3) is 0 Å². The number of amides is 1. The first kappa shape index (κ1) is 25.2. The molecule has 2 heterocycles. The van der Waals surface area contributed by atoms with Crippen LogP contribution in [-0.4, -0.2) is 18.7 Å². The number of hydrogen-bond acceptors (Lipinski definition) is 6. The van der Waals surface area contributed by atoms with Crippen LogP contribution in [0.3, 0.4) is 0 Å². The summed E-state index contributed by atoms with van der Waals surface area (Å²) in [7, 11) is 0. The minimum absolute atomic E-state index is 0.240. The van der Waals surface area contributed by atoms with E-state index in [0.717, 1.165) is 38.5 Å². The lowest BCUT2D eigenvalue weighted by atomic mass is 9.89. The minimum Gasteiger partial charge on any atom is -0.465 e. The molecule has 4 aromatic rings. The third kappa shape index (κ3) is 5.17. The van der Waals surface area contributed by atoms with Crippen LogP contribution >= 0.6 is 22.7 Å². The molecule has 1 saturated carbocycles. The molecule has 2 aromatic carbocycles. The maximum absolute atomic E-state index is 14.7. The number of halogens is 1. The van der Waals surface area contributed by atoms with Crippen LogP contribution in [0.15, 0.2) is 72.1 Å². The summed E-state index contributed by atoms with van der Waals surface area (Å²) in [6.45, 7) is 3.90. The Kier molecular flexibility index (Phi) is 7.13. The fraction of sp³-hybridized carbons (Fsp3) is 0.241. The molecular weight excluding hydrogens is 509 g/mol. The number of benzene rings is 2. The topological polar surface area (TPSA) is 64.6 Å². The Morgan fingerprint density at radius 1 is 1.05 bits per heavy atom. The van der Waals surface area contributed by atoms with Gasteiger partial charge in [0.2, 0.25) is 0 Å². The Labute approximate surface area is 222 Å². The predicted octanol–water partition coefficient (Wildman–Crippen LogP) is 8.19. The Bertz CT molecular complexity index is 1410. The summed E-state index contributed by atoms with van der Waals surface area (Å²) in [5, 5.41) is 4.22. The zero-order chi connectivity index (χ0) is 26.0. The van der Waals surface area contributed by atoms with Crippen LogP contribution in [0, 0.1) is 5.13 Å². The molecule has 1 fully saturated rings. The summed E-state index contributed by atoms with van der Waals surface area (Å²) in [6, 6.07) is 20.7. The molecule has 1 unspecified atom stereocenters. The molecule has 0 aliphatic heterocycles. The molecule has 1 aliphatic carbocycles. The lowest BCUT2D eigenvalue weighted by Crippen LogP contribution is -2.23. The molecule has 1 aliphatic rings. The van der Waals surface area contributed by atoms with E-state index in [1.54, 1.807) is 13.8 Å². The molecule has 1 atom stereocenters. The van der Waals surface area contributed by atoms with Gasteiger partial charge < -0.3 is 9.47 Å². The molecule has 1 N–H and O–H groups in total. The molecule has 0 bridgehead atoms. The molecule has 5 nitrogen and oxygen atoms in total. The Balaban J connectivity index is 1.53. The predicted molar refractivity (Wildman–Crippen MR) is 146 cm³/mol. The fourth-order valence-corrected chi connectivity index (χ4v) is 6.02. The number of rotatable bonds is 8. The molecule has 37 heavy (non-hydrogen) atoms. The summed E-state index contributed by atoms with van der Waals surface area (Å²) in [5.74, 6) is -0.240. The van der Waals surface area contributed by atoms with Crippen LogP contribution in [0.4, 0.5) is 14.9 Å². The maximum atomic E-state index is 14.7. The Hall–Kier alpha value is -3.49. The van der Waals surface area contributed by atoms with Gasteiger partial charge in [-0.1, -0.05) is 48.5 Å².